The monoisotopic (exact) mass is 270 g/mol. The fourth-order valence-corrected chi connectivity index (χ4v) is 2.82. The molecule has 0 spiro atoms. The van der Waals surface area contributed by atoms with Crippen molar-refractivity contribution in [3.05, 3.63) is 0 Å². The first-order valence-electron chi connectivity index (χ1n) is 6.90. The normalized spacial score (nSPS) is 30.6. The van der Waals surface area contributed by atoms with Crippen molar-refractivity contribution >= 4 is 11.9 Å². The maximum Gasteiger partial charge on any atom is 0.329 e. The third-order valence-corrected chi connectivity index (χ3v) is 4.11. The molecule has 0 aromatic carbocycles. The van der Waals surface area contributed by atoms with Gasteiger partial charge in [0.1, 0.15) is 5.54 Å². The highest BCUT2D eigenvalue weighted by Crippen LogP contribution is 2.24. The van der Waals surface area contributed by atoms with Crippen molar-refractivity contribution < 1.29 is 19.4 Å². The number of nitrogens with one attached hydrogen (secondary N) is 2. The largest absolute Gasteiger partial charge is 0.480 e. The molecule has 0 aliphatic carbocycles. The van der Waals surface area contributed by atoms with Crippen LogP contribution in [0, 0.1) is 5.92 Å². The van der Waals surface area contributed by atoms with Crippen LogP contribution in [0.3, 0.4) is 0 Å². The van der Waals surface area contributed by atoms with Crippen LogP contribution in [0.1, 0.15) is 32.6 Å². The Morgan fingerprint density at radius 2 is 2.05 bits per heavy atom. The zero-order valence-electron chi connectivity index (χ0n) is 11.3. The zero-order chi connectivity index (χ0) is 13.9. The minimum atomic E-state index is -1.14. The van der Waals surface area contributed by atoms with Gasteiger partial charge in [0.05, 0.1) is 0 Å². The first-order valence-corrected chi connectivity index (χ1v) is 6.90. The van der Waals surface area contributed by atoms with E-state index in [0.29, 0.717) is 32.1 Å². The maximum atomic E-state index is 12.3. The number of carboxylic acid groups (broad SMARTS) is 1. The zero-order valence-corrected chi connectivity index (χ0v) is 11.3. The van der Waals surface area contributed by atoms with E-state index in [2.05, 4.69) is 10.6 Å². The predicted molar refractivity (Wildman–Crippen MR) is 68.8 cm³/mol. The SMILES string of the molecule is CC1CC(C(=O)NC2(C(=O)O)CCOCC2)CCN1. The number of carboxylic acids is 1. The van der Waals surface area contributed by atoms with Crippen molar-refractivity contribution in [3.8, 4) is 0 Å². The second-order valence-electron chi connectivity index (χ2n) is 5.57. The molecule has 2 aliphatic heterocycles. The maximum absolute atomic E-state index is 12.3. The number of piperidine rings is 1. The van der Waals surface area contributed by atoms with Gasteiger partial charge in [0.25, 0.3) is 0 Å². The summed E-state index contributed by atoms with van der Waals surface area (Å²) < 4.78 is 5.19. The van der Waals surface area contributed by atoms with Gasteiger partial charge in [0.15, 0.2) is 0 Å². The molecule has 3 N–H and O–H groups in total. The van der Waals surface area contributed by atoms with Crippen LogP contribution in [-0.4, -0.2) is 48.3 Å². The molecule has 0 bridgehead atoms. The molecule has 2 saturated heterocycles. The van der Waals surface area contributed by atoms with Crippen LogP contribution in [0.4, 0.5) is 0 Å². The predicted octanol–water partition coefficient (Wildman–Crippen LogP) is 0.125. The molecular formula is C13H22N2O4. The summed E-state index contributed by atoms with van der Waals surface area (Å²) in [6.45, 7) is 3.62. The van der Waals surface area contributed by atoms with Crippen LogP contribution in [0.15, 0.2) is 0 Å². The third-order valence-electron chi connectivity index (χ3n) is 4.11. The summed E-state index contributed by atoms with van der Waals surface area (Å²) in [4.78, 5) is 23.8. The van der Waals surface area contributed by atoms with Crippen molar-refractivity contribution in [1.29, 1.82) is 0 Å². The van der Waals surface area contributed by atoms with Gasteiger partial charge >= 0.3 is 5.97 Å². The topological polar surface area (TPSA) is 87.7 Å². The van der Waals surface area contributed by atoms with E-state index in [1.807, 2.05) is 6.92 Å². The van der Waals surface area contributed by atoms with Crippen molar-refractivity contribution in [2.45, 2.75) is 44.2 Å². The van der Waals surface area contributed by atoms with Gasteiger partial charge in [-0.05, 0) is 26.3 Å². The van der Waals surface area contributed by atoms with Crippen LogP contribution in [0.5, 0.6) is 0 Å². The highest BCUT2D eigenvalue weighted by molar-refractivity contribution is 5.88. The highest BCUT2D eigenvalue weighted by Gasteiger charge is 2.42. The molecule has 19 heavy (non-hydrogen) atoms. The molecule has 6 nitrogen and oxygen atoms in total. The standard InChI is InChI=1S/C13H22N2O4/c1-9-8-10(2-5-14-9)11(16)15-13(12(17)18)3-6-19-7-4-13/h9-10,14H,2-8H2,1H3,(H,15,16)(H,17,18). The van der Waals surface area contributed by atoms with E-state index in [-0.39, 0.29) is 11.8 Å². The summed E-state index contributed by atoms with van der Waals surface area (Å²) in [5, 5.41) is 15.5. The minimum Gasteiger partial charge on any atom is -0.480 e. The van der Waals surface area contributed by atoms with E-state index >= 15 is 0 Å². The van der Waals surface area contributed by atoms with Crippen LogP contribution in [-0.2, 0) is 14.3 Å². The Kier molecular flexibility index (Phi) is 4.42. The molecule has 6 heteroatoms. The first kappa shape index (κ1) is 14.3. The number of amides is 1. The fourth-order valence-electron chi connectivity index (χ4n) is 2.82. The smallest absolute Gasteiger partial charge is 0.329 e. The van der Waals surface area contributed by atoms with Gasteiger partial charge in [-0.15, -0.1) is 0 Å². The summed E-state index contributed by atoms with van der Waals surface area (Å²) in [5.41, 5.74) is -1.14. The Labute approximate surface area is 112 Å². The molecule has 0 aromatic heterocycles. The van der Waals surface area contributed by atoms with Crippen LogP contribution < -0.4 is 10.6 Å². The Morgan fingerprint density at radius 1 is 1.37 bits per heavy atom. The van der Waals surface area contributed by atoms with Gasteiger partial charge in [-0.1, -0.05) is 0 Å². The first-order chi connectivity index (χ1) is 9.03. The van der Waals surface area contributed by atoms with Gasteiger partial charge in [-0.3, -0.25) is 4.79 Å². The Bertz CT molecular complexity index is 353. The van der Waals surface area contributed by atoms with Crippen molar-refractivity contribution in [3.63, 3.8) is 0 Å². The lowest BCUT2D eigenvalue weighted by Gasteiger charge is -2.36. The summed E-state index contributed by atoms with van der Waals surface area (Å²) in [6, 6.07) is 0.306. The van der Waals surface area contributed by atoms with Crippen molar-refractivity contribution in [2.24, 2.45) is 5.92 Å². The van der Waals surface area contributed by atoms with E-state index < -0.39 is 11.5 Å². The summed E-state index contributed by atoms with van der Waals surface area (Å²) in [6.07, 6.45) is 2.21. The van der Waals surface area contributed by atoms with E-state index in [0.717, 1.165) is 19.4 Å². The molecule has 0 saturated carbocycles. The number of carbonyl (C=O) groups excluding carboxylic acids is 1. The number of hydrogen-bond donors (Lipinski definition) is 3. The molecular weight excluding hydrogens is 248 g/mol. The molecule has 2 aliphatic rings. The molecule has 0 aromatic rings. The van der Waals surface area contributed by atoms with Gasteiger partial charge in [0.2, 0.25) is 5.91 Å². The molecule has 2 rings (SSSR count). The Balaban J connectivity index is 2.00. The minimum absolute atomic E-state index is 0.0877. The quantitative estimate of drug-likeness (QED) is 0.678. The van der Waals surface area contributed by atoms with Crippen LogP contribution in [0.2, 0.25) is 0 Å². The average molecular weight is 270 g/mol. The molecule has 108 valence electrons. The second kappa shape index (κ2) is 5.88. The average Bonchev–Trinajstić information content (AvgIpc) is 2.39. The third kappa shape index (κ3) is 3.25. The van der Waals surface area contributed by atoms with Crippen LogP contribution >= 0.6 is 0 Å². The number of carbonyl (C=O) groups is 2. The Hall–Kier alpha value is -1.14. The Morgan fingerprint density at radius 3 is 2.63 bits per heavy atom. The van der Waals surface area contributed by atoms with E-state index in [9.17, 15) is 14.7 Å². The number of aliphatic carboxylic acids is 1. The van der Waals surface area contributed by atoms with Gasteiger partial charge in [-0.2, -0.15) is 0 Å². The second-order valence-corrected chi connectivity index (χ2v) is 5.57. The van der Waals surface area contributed by atoms with Gasteiger partial charge < -0.3 is 20.5 Å². The summed E-state index contributed by atoms with van der Waals surface area (Å²) in [7, 11) is 0. The van der Waals surface area contributed by atoms with E-state index in [1.165, 1.54) is 0 Å². The van der Waals surface area contributed by atoms with E-state index in [4.69, 9.17) is 4.74 Å². The number of rotatable bonds is 3. The molecule has 2 atom stereocenters. The number of hydrogen-bond acceptors (Lipinski definition) is 4. The molecule has 2 heterocycles. The van der Waals surface area contributed by atoms with Crippen LogP contribution in [0.25, 0.3) is 0 Å². The lowest BCUT2D eigenvalue weighted by Crippen LogP contribution is -2.59. The van der Waals surface area contributed by atoms with Gasteiger partial charge in [0, 0.05) is 38.0 Å². The fraction of sp³-hybridized carbons (Fsp3) is 0.846. The van der Waals surface area contributed by atoms with Gasteiger partial charge in [-0.25, -0.2) is 4.79 Å². The molecule has 0 radical (unpaired) electrons. The summed E-state index contributed by atoms with van der Waals surface area (Å²) in [5.74, 6) is -1.17. The highest BCUT2D eigenvalue weighted by atomic mass is 16.5. The lowest BCUT2D eigenvalue weighted by atomic mass is 9.87. The molecule has 2 unspecified atom stereocenters. The van der Waals surface area contributed by atoms with Crippen molar-refractivity contribution in [1.82, 2.24) is 10.6 Å². The molecule has 1 amide bonds. The summed E-state index contributed by atoms with van der Waals surface area (Å²) >= 11 is 0. The lowest BCUT2D eigenvalue weighted by molar-refractivity contribution is -0.153. The van der Waals surface area contributed by atoms with Crippen molar-refractivity contribution in [2.75, 3.05) is 19.8 Å². The number of ether oxygens (including phenoxy) is 1. The van der Waals surface area contributed by atoms with E-state index in [1.54, 1.807) is 0 Å². The molecule has 2 fully saturated rings.